The van der Waals surface area contributed by atoms with Crippen molar-refractivity contribution in [2.45, 2.75) is 76.2 Å². The van der Waals surface area contributed by atoms with Crippen molar-refractivity contribution >= 4 is 41.1 Å². The van der Waals surface area contributed by atoms with Gasteiger partial charge in [-0.3, -0.25) is 5.32 Å². The van der Waals surface area contributed by atoms with Crippen LogP contribution in [0.1, 0.15) is 96.6 Å². The van der Waals surface area contributed by atoms with E-state index in [-0.39, 0.29) is 6.15 Å². The van der Waals surface area contributed by atoms with Crippen molar-refractivity contribution in [2.24, 2.45) is 0 Å². The van der Waals surface area contributed by atoms with Crippen molar-refractivity contribution in [2.75, 3.05) is 5.32 Å². The van der Waals surface area contributed by atoms with E-state index >= 15 is 0 Å². The fourth-order valence-corrected chi connectivity index (χ4v) is 6.41. The zero-order valence-corrected chi connectivity index (χ0v) is 22.6. The molecule has 3 aromatic rings. The molecule has 2 saturated carbocycles. The van der Waals surface area contributed by atoms with Gasteiger partial charge >= 0.3 is 12.2 Å². The summed E-state index contributed by atoms with van der Waals surface area (Å²) < 4.78 is 10.2. The first-order valence-electron chi connectivity index (χ1n) is 12.7. The lowest BCUT2D eigenvalue weighted by molar-refractivity contribution is -0.191. The quantitative estimate of drug-likeness (QED) is 0.342. The first-order chi connectivity index (χ1) is 17.9. The number of aromatic nitrogens is 1. The van der Waals surface area contributed by atoms with E-state index in [1.54, 1.807) is 6.07 Å². The molecule has 1 amide bonds. The maximum absolute atomic E-state index is 12.7. The van der Waals surface area contributed by atoms with Crippen molar-refractivity contribution in [3.63, 3.8) is 0 Å². The Kier molecular flexibility index (Phi) is 9.14. The molecule has 1 aromatic heterocycles. The van der Waals surface area contributed by atoms with Gasteiger partial charge in [-0.15, -0.1) is 0 Å². The van der Waals surface area contributed by atoms with E-state index < -0.39 is 12.2 Å². The second-order valence-corrected chi connectivity index (χ2v) is 11.0. The molecule has 1 unspecified atom stereocenters. The molecule has 0 aliphatic heterocycles. The van der Waals surface area contributed by atoms with Crippen LogP contribution in [-0.2, 0) is 14.3 Å². The number of hydrogen-bond acceptors (Lipinski definition) is 6. The van der Waals surface area contributed by atoms with Gasteiger partial charge in [0.2, 0.25) is 0 Å². The molecular formula is C29H31ClN2O4S. The number of halogens is 1. The van der Waals surface area contributed by atoms with Gasteiger partial charge in [0.1, 0.15) is 6.10 Å². The summed E-state index contributed by atoms with van der Waals surface area (Å²) in [6.45, 7) is 3.78. The van der Waals surface area contributed by atoms with Crippen LogP contribution >= 0.6 is 23.1 Å². The smallest absolute Gasteiger partial charge is 0.412 e. The predicted molar refractivity (Wildman–Crippen MR) is 144 cm³/mol. The van der Waals surface area contributed by atoms with Crippen molar-refractivity contribution in [3.05, 3.63) is 80.8 Å². The molecule has 2 aliphatic rings. The fourth-order valence-electron chi connectivity index (χ4n) is 5.12. The highest BCUT2D eigenvalue weighted by Gasteiger charge is 2.29. The Labute approximate surface area is 226 Å². The minimum absolute atomic E-state index is 0.250. The first kappa shape index (κ1) is 27.1. The Balaban J connectivity index is 0.00000102. The van der Waals surface area contributed by atoms with Crippen LogP contribution in [0.2, 0.25) is 5.02 Å². The molecule has 1 atom stereocenters. The third-order valence-electron chi connectivity index (χ3n) is 7.30. The lowest BCUT2D eigenvalue weighted by Gasteiger charge is -2.29. The highest BCUT2D eigenvalue weighted by Crippen LogP contribution is 2.45. The lowest BCUT2D eigenvalue weighted by atomic mass is 9.77. The van der Waals surface area contributed by atoms with Gasteiger partial charge in [0.05, 0.1) is 16.3 Å². The molecule has 194 valence electrons. The van der Waals surface area contributed by atoms with E-state index in [1.807, 2.05) is 32.0 Å². The van der Waals surface area contributed by atoms with Crippen LogP contribution in [0.15, 0.2) is 48.5 Å². The van der Waals surface area contributed by atoms with E-state index in [0.29, 0.717) is 16.9 Å². The van der Waals surface area contributed by atoms with Gasteiger partial charge in [0, 0.05) is 10.6 Å². The fraction of sp³-hybridized carbons (Fsp3) is 0.414. The second kappa shape index (κ2) is 12.5. The molecule has 5 rings (SSSR count). The molecular weight excluding hydrogens is 508 g/mol. The van der Waals surface area contributed by atoms with Gasteiger partial charge in [0.25, 0.3) is 0 Å². The molecule has 1 N–H and O–H groups in total. The lowest BCUT2D eigenvalue weighted by Crippen LogP contribution is -2.18. The topological polar surface area (TPSA) is 85.4 Å². The van der Waals surface area contributed by atoms with Gasteiger partial charge in [0.15, 0.2) is 0 Å². The summed E-state index contributed by atoms with van der Waals surface area (Å²) in [5.41, 5.74) is 5.43. The summed E-state index contributed by atoms with van der Waals surface area (Å²) in [6, 6.07) is 16.8. The Hall–Kier alpha value is -2.99. The maximum atomic E-state index is 12.7. The predicted octanol–water partition coefficient (Wildman–Crippen LogP) is 8.15. The van der Waals surface area contributed by atoms with Crippen LogP contribution < -0.4 is 5.32 Å². The molecule has 37 heavy (non-hydrogen) atoms. The van der Waals surface area contributed by atoms with Gasteiger partial charge < -0.3 is 4.74 Å². The summed E-state index contributed by atoms with van der Waals surface area (Å²) in [5, 5.41) is 3.58. The minimum atomic E-state index is -0.471. The van der Waals surface area contributed by atoms with Crippen LogP contribution in [0, 0.1) is 6.92 Å². The van der Waals surface area contributed by atoms with E-state index in [2.05, 4.69) is 34.0 Å². The third kappa shape index (κ3) is 6.86. The Morgan fingerprint density at radius 2 is 1.49 bits per heavy atom. The summed E-state index contributed by atoms with van der Waals surface area (Å²) in [7, 11) is 0. The largest absolute Gasteiger partial charge is 0.441 e. The van der Waals surface area contributed by atoms with E-state index in [4.69, 9.17) is 25.9 Å². The standard InChI is InChI=1S/C28H31ClN2O2S.CO2/c1-17-26(30-28(32)33-18(2)24-5-3-4-6-25(24)29)27(34-31-17)23-15-13-22(14-16-23)21-11-9-20(10-12-21)19-7-8-19;2-1-3/h3-6,9-12,18-19,22-23H,7-8,13-16H2,1-2H3,(H,30,32);. The molecule has 2 aliphatic carbocycles. The van der Waals surface area contributed by atoms with Crippen LogP contribution in [0.5, 0.6) is 0 Å². The van der Waals surface area contributed by atoms with Gasteiger partial charge in [-0.2, -0.15) is 14.0 Å². The SMILES string of the molecule is Cc1nsc(C2CCC(c3ccc(C4CC4)cc3)CC2)c1NC(=O)OC(C)c1ccccc1Cl.O=C=O. The third-order valence-corrected chi connectivity index (χ3v) is 8.74. The molecule has 1 heterocycles. The zero-order valence-electron chi connectivity index (χ0n) is 21.0. The molecule has 6 nitrogen and oxygen atoms in total. The molecule has 2 aromatic carbocycles. The number of nitrogens with one attached hydrogen (secondary N) is 1. The Morgan fingerprint density at radius 1 is 0.973 bits per heavy atom. The molecule has 0 bridgehead atoms. The summed E-state index contributed by atoms with van der Waals surface area (Å²) in [6.07, 6.45) is 6.58. The van der Waals surface area contributed by atoms with E-state index in [9.17, 15) is 4.79 Å². The first-order valence-corrected chi connectivity index (χ1v) is 13.8. The summed E-state index contributed by atoms with van der Waals surface area (Å²) in [4.78, 5) is 30.1. The van der Waals surface area contributed by atoms with Crippen LogP contribution in [0.4, 0.5) is 10.5 Å². The van der Waals surface area contributed by atoms with Crippen LogP contribution in [-0.4, -0.2) is 16.6 Å². The van der Waals surface area contributed by atoms with E-state index in [0.717, 1.165) is 48.5 Å². The number of ether oxygens (including phenoxy) is 1. The van der Waals surface area contributed by atoms with Gasteiger partial charge in [-0.25, -0.2) is 4.79 Å². The average molecular weight is 539 g/mol. The van der Waals surface area contributed by atoms with Gasteiger partial charge in [-0.1, -0.05) is 54.1 Å². The maximum Gasteiger partial charge on any atom is 0.412 e. The molecule has 8 heteroatoms. The molecule has 0 radical (unpaired) electrons. The number of nitrogens with zero attached hydrogens (tertiary/aromatic N) is 1. The zero-order chi connectivity index (χ0) is 26.4. The number of rotatable bonds is 6. The van der Waals surface area contributed by atoms with Crippen LogP contribution in [0.25, 0.3) is 0 Å². The van der Waals surface area contributed by atoms with Crippen molar-refractivity contribution in [1.29, 1.82) is 0 Å². The summed E-state index contributed by atoms with van der Waals surface area (Å²) in [5.74, 6) is 1.85. The van der Waals surface area contributed by atoms with Gasteiger partial charge in [-0.05, 0) is 98.9 Å². The number of hydrogen-bond donors (Lipinski definition) is 1. The number of benzene rings is 2. The molecule has 0 saturated heterocycles. The summed E-state index contributed by atoms with van der Waals surface area (Å²) >= 11 is 7.77. The minimum Gasteiger partial charge on any atom is -0.441 e. The number of amides is 1. The van der Waals surface area contributed by atoms with Crippen LogP contribution in [0.3, 0.4) is 0 Å². The number of carbonyl (C=O) groups excluding carboxylic acids is 3. The normalized spacial score (nSPS) is 19.6. The van der Waals surface area contributed by atoms with Crippen molar-refractivity contribution < 1.29 is 19.1 Å². The van der Waals surface area contributed by atoms with E-state index in [1.165, 1.54) is 40.4 Å². The second-order valence-electron chi connectivity index (χ2n) is 9.77. The van der Waals surface area contributed by atoms with Crippen molar-refractivity contribution in [3.8, 4) is 0 Å². The Morgan fingerprint density at radius 3 is 2.03 bits per heavy atom. The molecule has 0 spiro atoms. The number of carbonyl (C=O) groups is 1. The highest BCUT2D eigenvalue weighted by atomic mass is 35.5. The Bertz CT molecular complexity index is 1240. The van der Waals surface area contributed by atoms with Crippen molar-refractivity contribution in [1.82, 2.24) is 4.37 Å². The monoisotopic (exact) mass is 538 g/mol. The average Bonchev–Trinajstić information content (AvgIpc) is 3.69. The number of anilines is 1. The highest BCUT2D eigenvalue weighted by molar-refractivity contribution is 7.06. The number of aryl methyl sites for hydroxylation is 1. The molecule has 2 fully saturated rings.